The number of morpholine rings is 1. The summed E-state index contributed by atoms with van der Waals surface area (Å²) >= 11 is 0. The van der Waals surface area contributed by atoms with Crippen LogP contribution in [-0.2, 0) is 11.3 Å². The summed E-state index contributed by atoms with van der Waals surface area (Å²) in [6.07, 6.45) is 4.75. The van der Waals surface area contributed by atoms with Crippen LogP contribution in [0.5, 0.6) is 0 Å². The van der Waals surface area contributed by atoms with E-state index in [1.807, 2.05) is 0 Å². The fraction of sp³-hybridized carbons (Fsp3) is 0.647. The van der Waals surface area contributed by atoms with E-state index in [-0.39, 0.29) is 0 Å². The number of rotatable bonds is 4. The van der Waals surface area contributed by atoms with Crippen molar-refractivity contribution < 1.29 is 4.74 Å². The van der Waals surface area contributed by atoms with Gasteiger partial charge >= 0.3 is 0 Å². The second kappa shape index (κ2) is 7.25. The van der Waals surface area contributed by atoms with Crippen LogP contribution in [0.2, 0.25) is 0 Å². The summed E-state index contributed by atoms with van der Waals surface area (Å²) in [5.74, 6) is 0. The van der Waals surface area contributed by atoms with Crippen LogP contribution in [0, 0.1) is 0 Å². The molecule has 0 bridgehead atoms. The molecule has 1 aromatic carbocycles. The first kappa shape index (κ1) is 14.8. The maximum Gasteiger partial charge on any atom is 0.0594 e. The van der Waals surface area contributed by atoms with Crippen molar-refractivity contribution in [2.75, 3.05) is 31.6 Å². The van der Waals surface area contributed by atoms with E-state index in [2.05, 4.69) is 34.5 Å². The molecular weight excluding hydrogens is 262 g/mol. The highest BCUT2D eigenvalue weighted by atomic mass is 16.5. The minimum atomic E-state index is 0.372. The van der Waals surface area contributed by atoms with E-state index < -0.39 is 0 Å². The number of hydrogen-bond donors (Lipinski definition) is 2. The Balaban J connectivity index is 1.51. The van der Waals surface area contributed by atoms with E-state index in [1.165, 1.54) is 30.5 Å². The van der Waals surface area contributed by atoms with Crippen molar-refractivity contribution in [3.8, 4) is 0 Å². The zero-order valence-corrected chi connectivity index (χ0v) is 12.8. The van der Waals surface area contributed by atoms with E-state index in [0.717, 1.165) is 39.3 Å². The van der Waals surface area contributed by atoms with Crippen molar-refractivity contribution >= 4 is 5.69 Å². The summed E-state index contributed by atoms with van der Waals surface area (Å²) in [5.41, 5.74) is 8.65. The van der Waals surface area contributed by atoms with E-state index >= 15 is 0 Å². The molecule has 116 valence electrons. The Bertz CT molecular complexity index is 428. The van der Waals surface area contributed by atoms with Gasteiger partial charge in [-0.3, -0.25) is 4.90 Å². The van der Waals surface area contributed by atoms with Gasteiger partial charge in [0.15, 0.2) is 0 Å². The molecule has 1 saturated heterocycles. The number of hydrogen-bond acceptors (Lipinski definition) is 4. The third-order valence-electron chi connectivity index (χ3n) is 4.55. The minimum Gasteiger partial charge on any atom is -0.382 e. The molecule has 3 rings (SSSR count). The molecule has 21 heavy (non-hydrogen) atoms. The molecule has 3 N–H and O–H groups in total. The zero-order chi connectivity index (χ0) is 14.5. The lowest BCUT2D eigenvalue weighted by Gasteiger charge is -2.28. The molecule has 2 atom stereocenters. The number of anilines is 1. The van der Waals surface area contributed by atoms with Crippen LogP contribution >= 0.6 is 0 Å². The molecule has 0 aromatic heterocycles. The summed E-state index contributed by atoms with van der Waals surface area (Å²) in [6.45, 7) is 4.83. The summed E-state index contributed by atoms with van der Waals surface area (Å²) in [4.78, 5) is 2.45. The first-order chi connectivity index (χ1) is 10.3. The Kier molecular flexibility index (Phi) is 5.12. The summed E-state index contributed by atoms with van der Waals surface area (Å²) < 4.78 is 5.39. The third kappa shape index (κ3) is 4.43. The summed E-state index contributed by atoms with van der Waals surface area (Å²) in [6, 6.07) is 9.79. The fourth-order valence-corrected chi connectivity index (χ4v) is 3.32. The van der Waals surface area contributed by atoms with Crippen LogP contribution in [0.15, 0.2) is 24.3 Å². The Morgan fingerprint density at radius 3 is 2.62 bits per heavy atom. The van der Waals surface area contributed by atoms with Gasteiger partial charge in [-0.25, -0.2) is 0 Å². The van der Waals surface area contributed by atoms with Gasteiger partial charge in [-0.05, 0) is 43.4 Å². The molecule has 1 aliphatic carbocycles. The van der Waals surface area contributed by atoms with Crippen molar-refractivity contribution in [2.45, 2.75) is 44.3 Å². The molecule has 0 radical (unpaired) electrons. The quantitative estimate of drug-likeness (QED) is 0.892. The number of ether oxygens (including phenoxy) is 1. The lowest BCUT2D eigenvalue weighted by molar-refractivity contribution is 0.0342. The predicted octanol–water partition coefficient (Wildman–Crippen LogP) is 2.20. The monoisotopic (exact) mass is 289 g/mol. The first-order valence-electron chi connectivity index (χ1n) is 8.21. The predicted molar refractivity (Wildman–Crippen MR) is 86.4 cm³/mol. The maximum absolute atomic E-state index is 6.05. The molecule has 1 saturated carbocycles. The van der Waals surface area contributed by atoms with Gasteiger partial charge in [0, 0.05) is 37.4 Å². The lowest BCUT2D eigenvalue weighted by Crippen LogP contribution is -2.35. The van der Waals surface area contributed by atoms with Crippen LogP contribution < -0.4 is 11.1 Å². The molecule has 0 spiro atoms. The first-order valence-corrected chi connectivity index (χ1v) is 8.21. The Labute approximate surface area is 127 Å². The molecule has 4 nitrogen and oxygen atoms in total. The molecule has 1 heterocycles. The van der Waals surface area contributed by atoms with Gasteiger partial charge in [0.25, 0.3) is 0 Å². The molecule has 1 aliphatic heterocycles. The van der Waals surface area contributed by atoms with Crippen LogP contribution in [0.3, 0.4) is 0 Å². The highest BCUT2D eigenvalue weighted by Crippen LogP contribution is 2.21. The normalized spacial score (nSPS) is 27.5. The van der Waals surface area contributed by atoms with Crippen molar-refractivity contribution in [3.63, 3.8) is 0 Å². The molecule has 2 unspecified atom stereocenters. The van der Waals surface area contributed by atoms with Crippen molar-refractivity contribution in [3.05, 3.63) is 29.8 Å². The summed E-state index contributed by atoms with van der Waals surface area (Å²) in [7, 11) is 0. The summed E-state index contributed by atoms with van der Waals surface area (Å²) in [5, 5.41) is 3.63. The average molecular weight is 289 g/mol. The molecule has 0 amide bonds. The molecular formula is C17H27N3O. The van der Waals surface area contributed by atoms with Crippen LogP contribution in [0.4, 0.5) is 5.69 Å². The molecule has 4 heteroatoms. The van der Waals surface area contributed by atoms with Gasteiger partial charge in [-0.1, -0.05) is 12.1 Å². The largest absolute Gasteiger partial charge is 0.382 e. The molecule has 2 aliphatic rings. The Morgan fingerprint density at radius 1 is 1.14 bits per heavy atom. The zero-order valence-electron chi connectivity index (χ0n) is 12.8. The van der Waals surface area contributed by atoms with E-state index in [4.69, 9.17) is 10.5 Å². The van der Waals surface area contributed by atoms with Gasteiger partial charge < -0.3 is 15.8 Å². The standard InChI is InChI=1S/C17H27N3O/c18-15-2-1-3-17(12-15)19-16-6-4-14(5-7-16)13-20-8-10-21-11-9-20/h4-7,15,17,19H,1-3,8-13,18H2. The Hall–Kier alpha value is -1.10. The number of nitrogens with two attached hydrogens (primary N) is 1. The highest BCUT2D eigenvalue weighted by molar-refractivity contribution is 5.45. The maximum atomic E-state index is 6.05. The van der Waals surface area contributed by atoms with Gasteiger partial charge in [-0.15, -0.1) is 0 Å². The van der Waals surface area contributed by atoms with E-state index in [1.54, 1.807) is 0 Å². The molecule has 1 aromatic rings. The second-order valence-corrected chi connectivity index (χ2v) is 6.35. The number of nitrogens with zero attached hydrogens (tertiary/aromatic N) is 1. The van der Waals surface area contributed by atoms with E-state index in [9.17, 15) is 0 Å². The van der Waals surface area contributed by atoms with E-state index in [0.29, 0.717) is 12.1 Å². The number of nitrogens with one attached hydrogen (secondary N) is 1. The minimum absolute atomic E-state index is 0.372. The van der Waals surface area contributed by atoms with Gasteiger partial charge in [0.2, 0.25) is 0 Å². The van der Waals surface area contributed by atoms with Crippen LogP contribution in [-0.4, -0.2) is 43.3 Å². The van der Waals surface area contributed by atoms with Gasteiger partial charge in [-0.2, -0.15) is 0 Å². The van der Waals surface area contributed by atoms with Crippen molar-refractivity contribution in [1.29, 1.82) is 0 Å². The lowest BCUT2D eigenvalue weighted by atomic mass is 9.91. The highest BCUT2D eigenvalue weighted by Gasteiger charge is 2.18. The van der Waals surface area contributed by atoms with Crippen LogP contribution in [0.1, 0.15) is 31.2 Å². The smallest absolute Gasteiger partial charge is 0.0594 e. The number of benzene rings is 1. The second-order valence-electron chi connectivity index (χ2n) is 6.35. The van der Waals surface area contributed by atoms with Crippen LogP contribution in [0.25, 0.3) is 0 Å². The van der Waals surface area contributed by atoms with Gasteiger partial charge in [0.05, 0.1) is 13.2 Å². The van der Waals surface area contributed by atoms with Gasteiger partial charge in [0.1, 0.15) is 0 Å². The van der Waals surface area contributed by atoms with Crippen molar-refractivity contribution in [1.82, 2.24) is 4.90 Å². The average Bonchev–Trinajstić information content (AvgIpc) is 2.50. The molecule has 2 fully saturated rings. The third-order valence-corrected chi connectivity index (χ3v) is 4.55. The SMILES string of the molecule is NC1CCCC(Nc2ccc(CN3CCOCC3)cc2)C1. The van der Waals surface area contributed by atoms with Crippen molar-refractivity contribution in [2.24, 2.45) is 5.73 Å². The Morgan fingerprint density at radius 2 is 1.90 bits per heavy atom. The fourth-order valence-electron chi connectivity index (χ4n) is 3.32. The topological polar surface area (TPSA) is 50.5 Å².